The number of esters is 2. The summed E-state index contributed by atoms with van der Waals surface area (Å²) in [6, 6.07) is 0. The standard InChI is InChI=1S/C11H14O6.2Na.2H/c1-3-16-10(14)6-5-7(9(13)8(6)12)11(15)17-4-2;;;;/h6-7H,3-5H2,1-2H3;;;;. The fraction of sp³-hybridized carbons (Fsp3) is 0.636. The van der Waals surface area contributed by atoms with Crippen molar-refractivity contribution in [2.24, 2.45) is 11.8 Å². The second-order valence-electron chi connectivity index (χ2n) is 3.57. The van der Waals surface area contributed by atoms with Gasteiger partial charge in [0.05, 0.1) is 13.2 Å². The van der Waals surface area contributed by atoms with Crippen LogP contribution < -0.4 is 0 Å². The van der Waals surface area contributed by atoms with E-state index in [1.807, 2.05) is 0 Å². The number of rotatable bonds is 4. The molecule has 8 heteroatoms. The zero-order chi connectivity index (χ0) is 13.0. The molecule has 2 unspecified atom stereocenters. The van der Waals surface area contributed by atoms with Gasteiger partial charge >= 0.3 is 71.1 Å². The van der Waals surface area contributed by atoms with Gasteiger partial charge in [-0.3, -0.25) is 19.2 Å². The molecule has 0 aromatic carbocycles. The van der Waals surface area contributed by atoms with Crippen LogP contribution >= 0.6 is 0 Å². The quantitative estimate of drug-likeness (QED) is 0.274. The summed E-state index contributed by atoms with van der Waals surface area (Å²) in [5.41, 5.74) is 0. The molecule has 0 spiro atoms. The third kappa shape index (κ3) is 5.28. The Morgan fingerprint density at radius 3 is 1.53 bits per heavy atom. The van der Waals surface area contributed by atoms with Crippen molar-refractivity contribution in [3.8, 4) is 0 Å². The van der Waals surface area contributed by atoms with Crippen LogP contribution in [0.3, 0.4) is 0 Å². The van der Waals surface area contributed by atoms with Gasteiger partial charge in [-0.05, 0) is 20.3 Å². The molecule has 0 amide bonds. The topological polar surface area (TPSA) is 86.7 Å². The fourth-order valence-electron chi connectivity index (χ4n) is 1.69. The van der Waals surface area contributed by atoms with Gasteiger partial charge in [-0.25, -0.2) is 0 Å². The molecule has 1 rings (SSSR count). The van der Waals surface area contributed by atoms with Gasteiger partial charge in [-0.2, -0.15) is 0 Å². The molecule has 0 aromatic heterocycles. The van der Waals surface area contributed by atoms with Gasteiger partial charge in [0.1, 0.15) is 11.8 Å². The van der Waals surface area contributed by atoms with Crippen LogP contribution in [0.5, 0.6) is 0 Å². The summed E-state index contributed by atoms with van der Waals surface area (Å²) in [4.78, 5) is 45.7. The van der Waals surface area contributed by atoms with Crippen LogP contribution in [-0.4, -0.2) is 95.8 Å². The van der Waals surface area contributed by atoms with E-state index in [1.54, 1.807) is 13.8 Å². The van der Waals surface area contributed by atoms with Crippen molar-refractivity contribution in [1.29, 1.82) is 0 Å². The normalized spacial score (nSPS) is 21.2. The van der Waals surface area contributed by atoms with Crippen LogP contribution in [0.2, 0.25) is 0 Å². The SMILES string of the molecule is CCOC(=O)C1CC(C(=O)OCC)C(=O)C1=O.[NaH].[NaH]. The number of carbonyl (C=O) groups excluding carboxylic acids is 4. The third-order valence-electron chi connectivity index (χ3n) is 2.49. The molecular weight excluding hydrogens is 274 g/mol. The number of carbonyl (C=O) groups is 4. The third-order valence-corrected chi connectivity index (χ3v) is 2.49. The molecule has 1 aliphatic rings. The van der Waals surface area contributed by atoms with Crippen molar-refractivity contribution in [2.75, 3.05) is 13.2 Å². The first-order valence-corrected chi connectivity index (χ1v) is 5.44. The van der Waals surface area contributed by atoms with Gasteiger partial charge < -0.3 is 9.47 Å². The molecule has 0 heterocycles. The van der Waals surface area contributed by atoms with E-state index in [4.69, 9.17) is 0 Å². The average molecular weight is 290 g/mol. The molecule has 0 bridgehead atoms. The van der Waals surface area contributed by atoms with Crippen molar-refractivity contribution in [3.63, 3.8) is 0 Å². The second kappa shape index (κ2) is 10.1. The molecule has 2 atom stereocenters. The Hall–Kier alpha value is 0.280. The van der Waals surface area contributed by atoms with E-state index in [0.29, 0.717) is 0 Å². The Morgan fingerprint density at radius 1 is 0.947 bits per heavy atom. The second-order valence-corrected chi connectivity index (χ2v) is 3.57. The van der Waals surface area contributed by atoms with Gasteiger partial charge in [0.25, 0.3) is 0 Å². The van der Waals surface area contributed by atoms with E-state index in [-0.39, 0.29) is 78.7 Å². The van der Waals surface area contributed by atoms with Crippen molar-refractivity contribution in [1.82, 2.24) is 0 Å². The number of ketones is 2. The molecule has 98 valence electrons. The molecule has 6 nitrogen and oxygen atoms in total. The first-order valence-electron chi connectivity index (χ1n) is 5.44. The van der Waals surface area contributed by atoms with Crippen LogP contribution in [0.4, 0.5) is 0 Å². The van der Waals surface area contributed by atoms with E-state index >= 15 is 0 Å². The maximum absolute atomic E-state index is 11.5. The first-order chi connectivity index (χ1) is 8.02. The Labute approximate surface area is 155 Å². The van der Waals surface area contributed by atoms with E-state index in [0.717, 1.165) is 0 Å². The zero-order valence-corrected chi connectivity index (χ0v) is 9.73. The Kier molecular flexibility index (Phi) is 11.4. The molecule has 0 N–H and O–H groups in total. The van der Waals surface area contributed by atoms with Crippen LogP contribution in [0.1, 0.15) is 20.3 Å². The molecule has 1 saturated carbocycles. The van der Waals surface area contributed by atoms with Crippen molar-refractivity contribution in [2.45, 2.75) is 20.3 Å². The van der Waals surface area contributed by atoms with Crippen molar-refractivity contribution in [3.05, 3.63) is 0 Å². The summed E-state index contributed by atoms with van der Waals surface area (Å²) in [6.45, 7) is 3.45. The molecular formula is C11H16Na2O6. The van der Waals surface area contributed by atoms with Gasteiger partial charge in [-0.1, -0.05) is 0 Å². The minimum atomic E-state index is -1.16. The predicted octanol–water partition coefficient (Wildman–Crippen LogP) is -1.41. The van der Waals surface area contributed by atoms with Crippen LogP contribution in [0.25, 0.3) is 0 Å². The molecule has 1 fully saturated rings. The predicted molar refractivity (Wildman–Crippen MR) is 69.2 cm³/mol. The number of ether oxygens (including phenoxy) is 2. The average Bonchev–Trinajstić information content (AvgIpc) is 2.57. The summed E-state index contributed by atoms with van der Waals surface area (Å²) in [7, 11) is 0. The van der Waals surface area contributed by atoms with Crippen LogP contribution in [-0.2, 0) is 28.7 Å². The first kappa shape index (κ1) is 21.6. The van der Waals surface area contributed by atoms with Crippen LogP contribution in [0.15, 0.2) is 0 Å². The molecule has 1 aliphatic carbocycles. The minimum absolute atomic E-state index is 0. The van der Waals surface area contributed by atoms with Crippen molar-refractivity contribution >= 4 is 82.6 Å². The summed E-state index contributed by atoms with van der Waals surface area (Å²) >= 11 is 0. The molecule has 0 aromatic rings. The van der Waals surface area contributed by atoms with E-state index in [1.165, 1.54) is 0 Å². The number of Topliss-reactive ketones (excluding diaryl/α,β-unsaturated/α-hetero) is 2. The van der Waals surface area contributed by atoms with Gasteiger partial charge in [-0.15, -0.1) is 0 Å². The molecule has 19 heavy (non-hydrogen) atoms. The molecule has 0 aliphatic heterocycles. The van der Waals surface area contributed by atoms with E-state index < -0.39 is 35.3 Å². The summed E-state index contributed by atoms with van der Waals surface area (Å²) in [5.74, 6) is -5.54. The summed E-state index contributed by atoms with van der Waals surface area (Å²) in [5, 5.41) is 0. The van der Waals surface area contributed by atoms with E-state index in [9.17, 15) is 19.2 Å². The van der Waals surface area contributed by atoms with Crippen LogP contribution in [0, 0.1) is 11.8 Å². The Balaban J connectivity index is 0. The zero-order valence-electron chi connectivity index (χ0n) is 9.73. The number of hydrogen-bond donors (Lipinski definition) is 0. The van der Waals surface area contributed by atoms with Crippen molar-refractivity contribution < 1.29 is 28.7 Å². The molecule has 0 saturated heterocycles. The fourth-order valence-corrected chi connectivity index (χ4v) is 1.69. The van der Waals surface area contributed by atoms with Gasteiger partial charge in [0.2, 0.25) is 11.6 Å². The monoisotopic (exact) mass is 290 g/mol. The maximum atomic E-state index is 11.5. The number of hydrogen-bond acceptors (Lipinski definition) is 6. The Morgan fingerprint density at radius 2 is 1.26 bits per heavy atom. The summed E-state index contributed by atoms with van der Waals surface area (Å²) in [6.07, 6.45) is -0.144. The van der Waals surface area contributed by atoms with E-state index in [2.05, 4.69) is 9.47 Å². The Bertz CT molecular complexity index is 334. The summed E-state index contributed by atoms with van der Waals surface area (Å²) < 4.78 is 9.34. The molecule has 0 radical (unpaired) electrons. The van der Waals surface area contributed by atoms with Gasteiger partial charge in [0, 0.05) is 0 Å². The van der Waals surface area contributed by atoms with Gasteiger partial charge in [0.15, 0.2) is 0 Å².